The van der Waals surface area contributed by atoms with E-state index in [1.54, 1.807) is 0 Å². The number of anilines is 2. The van der Waals surface area contributed by atoms with Crippen molar-refractivity contribution < 1.29 is 0 Å². The number of nitrogen functional groups attached to an aromatic ring is 1. The average Bonchev–Trinajstić information content (AvgIpc) is 2.30. The molecule has 0 radical (unpaired) electrons. The SMILES string of the molecule is Nc1c(NCC2CCCCC2)c(=O)c1=O. The fourth-order valence-corrected chi connectivity index (χ4v) is 2.22. The van der Waals surface area contributed by atoms with Gasteiger partial charge in [-0.3, -0.25) is 9.59 Å². The van der Waals surface area contributed by atoms with Crippen molar-refractivity contribution in [3.8, 4) is 0 Å². The first-order valence-electron chi connectivity index (χ1n) is 5.53. The monoisotopic (exact) mass is 208 g/mol. The quantitative estimate of drug-likeness (QED) is 0.722. The Hall–Kier alpha value is -1.32. The van der Waals surface area contributed by atoms with E-state index in [4.69, 9.17) is 5.73 Å². The average molecular weight is 208 g/mol. The molecule has 4 heteroatoms. The van der Waals surface area contributed by atoms with Gasteiger partial charge in [0.25, 0.3) is 10.9 Å². The van der Waals surface area contributed by atoms with Crippen molar-refractivity contribution in [1.82, 2.24) is 0 Å². The summed E-state index contributed by atoms with van der Waals surface area (Å²) in [4.78, 5) is 21.9. The van der Waals surface area contributed by atoms with Gasteiger partial charge in [-0.2, -0.15) is 0 Å². The van der Waals surface area contributed by atoms with E-state index in [9.17, 15) is 9.59 Å². The highest BCUT2D eigenvalue weighted by Crippen LogP contribution is 2.24. The molecule has 1 fully saturated rings. The van der Waals surface area contributed by atoms with Crippen molar-refractivity contribution in [2.24, 2.45) is 5.92 Å². The minimum absolute atomic E-state index is 0.107. The second-order valence-corrected chi connectivity index (χ2v) is 4.33. The van der Waals surface area contributed by atoms with Gasteiger partial charge in [-0.05, 0) is 18.8 Å². The molecule has 3 N–H and O–H groups in total. The topological polar surface area (TPSA) is 72.2 Å². The molecule has 0 aliphatic heterocycles. The third-order valence-corrected chi connectivity index (χ3v) is 3.24. The van der Waals surface area contributed by atoms with Gasteiger partial charge in [-0.15, -0.1) is 0 Å². The van der Waals surface area contributed by atoms with Crippen molar-refractivity contribution in [2.45, 2.75) is 32.1 Å². The van der Waals surface area contributed by atoms with Crippen LogP contribution in [0.1, 0.15) is 32.1 Å². The second kappa shape index (κ2) is 4.04. The Morgan fingerprint density at radius 3 is 2.40 bits per heavy atom. The van der Waals surface area contributed by atoms with Gasteiger partial charge in [0, 0.05) is 6.54 Å². The van der Waals surface area contributed by atoms with Crippen LogP contribution in [0.5, 0.6) is 0 Å². The molecule has 1 aliphatic rings. The minimum atomic E-state index is -0.541. The Morgan fingerprint density at radius 1 is 1.13 bits per heavy atom. The van der Waals surface area contributed by atoms with Crippen molar-refractivity contribution in [3.05, 3.63) is 20.4 Å². The van der Waals surface area contributed by atoms with E-state index in [1.165, 1.54) is 32.1 Å². The van der Waals surface area contributed by atoms with E-state index in [-0.39, 0.29) is 5.69 Å². The van der Waals surface area contributed by atoms with Gasteiger partial charge in [-0.1, -0.05) is 19.3 Å². The van der Waals surface area contributed by atoms with Crippen LogP contribution in [0.3, 0.4) is 0 Å². The summed E-state index contributed by atoms with van der Waals surface area (Å²) in [5.41, 5.74) is 4.87. The summed E-state index contributed by atoms with van der Waals surface area (Å²) >= 11 is 0. The summed E-state index contributed by atoms with van der Waals surface area (Å²) < 4.78 is 0. The third kappa shape index (κ3) is 1.89. The minimum Gasteiger partial charge on any atom is -0.394 e. The Balaban J connectivity index is 1.88. The third-order valence-electron chi connectivity index (χ3n) is 3.24. The van der Waals surface area contributed by atoms with Crippen LogP contribution < -0.4 is 21.9 Å². The molecular formula is C11H16N2O2. The largest absolute Gasteiger partial charge is 0.394 e. The molecule has 2 rings (SSSR count). The van der Waals surface area contributed by atoms with Gasteiger partial charge in [0.1, 0.15) is 11.4 Å². The van der Waals surface area contributed by atoms with E-state index in [2.05, 4.69) is 5.32 Å². The molecule has 0 spiro atoms. The van der Waals surface area contributed by atoms with E-state index < -0.39 is 10.9 Å². The van der Waals surface area contributed by atoms with Crippen molar-refractivity contribution in [1.29, 1.82) is 0 Å². The molecule has 1 saturated carbocycles. The molecule has 15 heavy (non-hydrogen) atoms. The van der Waals surface area contributed by atoms with Crippen LogP contribution in [0.2, 0.25) is 0 Å². The Morgan fingerprint density at radius 2 is 1.80 bits per heavy atom. The lowest BCUT2D eigenvalue weighted by atomic mass is 9.89. The predicted molar refractivity (Wildman–Crippen MR) is 60.8 cm³/mol. The highest BCUT2D eigenvalue weighted by molar-refractivity contribution is 5.71. The zero-order valence-electron chi connectivity index (χ0n) is 8.71. The molecule has 0 unspecified atom stereocenters. The summed E-state index contributed by atoms with van der Waals surface area (Å²) in [5, 5.41) is 3.00. The molecule has 82 valence electrons. The lowest BCUT2D eigenvalue weighted by molar-refractivity contribution is 0.373. The Labute approximate surface area is 88.2 Å². The number of nitrogens with two attached hydrogens (primary N) is 1. The molecule has 0 saturated heterocycles. The fraction of sp³-hybridized carbons (Fsp3) is 0.636. The fourth-order valence-electron chi connectivity index (χ4n) is 2.22. The smallest absolute Gasteiger partial charge is 0.253 e. The van der Waals surface area contributed by atoms with Crippen LogP contribution in [0, 0.1) is 5.92 Å². The zero-order valence-corrected chi connectivity index (χ0v) is 8.71. The van der Waals surface area contributed by atoms with E-state index in [1.807, 2.05) is 0 Å². The molecule has 1 aliphatic carbocycles. The van der Waals surface area contributed by atoms with Gasteiger partial charge < -0.3 is 11.1 Å². The van der Waals surface area contributed by atoms with Crippen molar-refractivity contribution in [3.63, 3.8) is 0 Å². The molecule has 1 aromatic rings. The lowest BCUT2D eigenvalue weighted by Gasteiger charge is -2.22. The first kappa shape index (κ1) is 10.2. The van der Waals surface area contributed by atoms with E-state index in [0.717, 1.165) is 6.54 Å². The maximum atomic E-state index is 11.1. The molecule has 1 aromatic carbocycles. The maximum absolute atomic E-state index is 11.1. The Bertz CT molecular complexity index is 412. The summed E-state index contributed by atoms with van der Waals surface area (Å²) in [5.74, 6) is 0.627. The summed E-state index contributed by atoms with van der Waals surface area (Å²) in [6.45, 7) is 0.773. The van der Waals surface area contributed by atoms with Crippen molar-refractivity contribution >= 4 is 11.4 Å². The number of rotatable bonds is 3. The van der Waals surface area contributed by atoms with Crippen molar-refractivity contribution in [2.75, 3.05) is 17.6 Å². The van der Waals surface area contributed by atoms with Gasteiger partial charge >= 0.3 is 0 Å². The maximum Gasteiger partial charge on any atom is 0.253 e. The van der Waals surface area contributed by atoms with E-state index in [0.29, 0.717) is 11.6 Å². The van der Waals surface area contributed by atoms with Gasteiger partial charge in [0.05, 0.1) is 0 Å². The first-order chi connectivity index (χ1) is 7.20. The standard InChI is InChI=1S/C11H16N2O2/c12-8-9(11(15)10(8)14)13-6-7-4-2-1-3-5-7/h7,13H,1-6,12H2. The predicted octanol–water partition coefficient (Wildman–Crippen LogP) is 0.857. The molecule has 0 atom stereocenters. The molecule has 0 heterocycles. The Kier molecular flexibility index (Phi) is 2.75. The normalized spacial score (nSPS) is 18.1. The first-order valence-corrected chi connectivity index (χ1v) is 5.53. The molecule has 0 amide bonds. The highest BCUT2D eigenvalue weighted by atomic mass is 16.2. The second-order valence-electron chi connectivity index (χ2n) is 4.33. The van der Waals surface area contributed by atoms with Gasteiger partial charge in [0.2, 0.25) is 0 Å². The highest BCUT2D eigenvalue weighted by Gasteiger charge is 2.19. The molecule has 0 bridgehead atoms. The van der Waals surface area contributed by atoms with Crippen LogP contribution in [0.25, 0.3) is 0 Å². The number of hydrogen-bond acceptors (Lipinski definition) is 4. The summed E-state index contributed by atoms with van der Waals surface area (Å²) in [6, 6.07) is 0. The molecule has 0 aromatic heterocycles. The number of nitrogens with one attached hydrogen (secondary N) is 1. The van der Waals surface area contributed by atoms with Crippen LogP contribution in [-0.4, -0.2) is 6.54 Å². The summed E-state index contributed by atoms with van der Waals surface area (Å²) in [6.07, 6.45) is 6.28. The van der Waals surface area contributed by atoms with Crippen LogP contribution in [0.4, 0.5) is 11.4 Å². The number of hydrogen-bond donors (Lipinski definition) is 2. The van der Waals surface area contributed by atoms with Crippen LogP contribution in [-0.2, 0) is 0 Å². The molecule has 4 nitrogen and oxygen atoms in total. The van der Waals surface area contributed by atoms with Gasteiger partial charge in [0.15, 0.2) is 0 Å². The van der Waals surface area contributed by atoms with E-state index >= 15 is 0 Å². The van der Waals surface area contributed by atoms with Gasteiger partial charge in [-0.25, -0.2) is 0 Å². The van der Waals surface area contributed by atoms with Crippen LogP contribution >= 0.6 is 0 Å². The lowest BCUT2D eigenvalue weighted by Crippen LogP contribution is -2.38. The van der Waals surface area contributed by atoms with Crippen LogP contribution in [0.15, 0.2) is 9.59 Å². The zero-order chi connectivity index (χ0) is 10.8. The summed E-state index contributed by atoms with van der Waals surface area (Å²) in [7, 11) is 0. The molecular weight excluding hydrogens is 192 g/mol.